The molecule has 1 rings (SSSR count). The highest BCUT2D eigenvalue weighted by atomic mass is 19.1. The number of halogens is 1. The van der Waals surface area contributed by atoms with Crippen LogP contribution >= 0.6 is 0 Å². The molecule has 0 saturated carbocycles. The third kappa shape index (κ3) is 2.65. The van der Waals surface area contributed by atoms with Crippen molar-refractivity contribution >= 4 is 11.7 Å². The number of carbonyl (C=O) groups excluding carboxylic acids is 1. The van der Waals surface area contributed by atoms with Gasteiger partial charge in [-0.3, -0.25) is 0 Å². The lowest BCUT2D eigenvalue weighted by atomic mass is 10.1. The van der Waals surface area contributed by atoms with Gasteiger partial charge < -0.3 is 0 Å². The Kier molecular flexibility index (Phi) is 3.12. The van der Waals surface area contributed by atoms with E-state index >= 15 is 0 Å². The second-order valence-corrected chi connectivity index (χ2v) is 2.52. The maximum atomic E-state index is 12.5. The molecule has 0 spiro atoms. The largest absolute Gasteiger partial charge is 0.235 e. The number of benzene rings is 1. The molecule has 0 aliphatic carbocycles. The van der Waals surface area contributed by atoms with Gasteiger partial charge in [0.1, 0.15) is 5.82 Å². The molecule has 0 aliphatic heterocycles. The normalized spacial score (nSPS) is 9.00. The molecular weight excluding hydrogens is 169 g/mol. The predicted octanol–water partition coefficient (Wildman–Crippen LogP) is 2.17. The fraction of sp³-hybridized carbons (Fsp3) is 0.100. The van der Waals surface area contributed by atoms with E-state index in [4.69, 9.17) is 0 Å². The Morgan fingerprint density at radius 3 is 2.62 bits per heavy atom. The fourth-order valence-electron chi connectivity index (χ4n) is 0.905. The minimum absolute atomic E-state index is 0.204. The van der Waals surface area contributed by atoms with Gasteiger partial charge >= 0.3 is 0 Å². The van der Waals surface area contributed by atoms with E-state index in [9.17, 15) is 9.18 Å². The number of rotatable bonds is 3. The summed E-state index contributed by atoms with van der Waals surface area (Å²) in [5.41, 5.74) is 1.45. The van der Waals surface area contributed by atoms with Gasteiger partial charge in [-0.1, -0.05) is 18.7 Å². The minimum atomic E-state index is -0.296. The van der Waals surface area contributed by atoms with Crippen molar-refractivity contribution < 1.29 is 9.18 Å². The maximum Gasteiger partial charge on any atom is 0.235 e. The van der Waals surface area contributed by atoms with Gasteiger partial charge in [-0.2, -0.15) is 0 Å². The minimum Gasteiger partial charge on any atom is -0.211 e. The number of aliphatic imine (C=N–C) groups is 1. The molecule has 0 aromatic heterocycles. The molecule has 0 heterocycles. The van der Waals surface area contributed by atoms with E-state index in [2.05, 4.69) is 11.6 Å². The first-order valence-electron chi connectivity index (χ1n) is 3.71. The van der Waals surface area contributed by atoms with Gasteiger partial charge in [0.15, 0.2) is 0 Å². The van der Waals surface area contributed by atoms with Crippen molar-refractivity contribution in [2.45, 2.75) is 0 Å². The summed E-state index contributed by atoms with van der Waals surface area (Å²) < 4.78 is 12.5. The molecule has 1 aromatic rings. The predicted molar refractivity (Wildman–Crippen MR) is 48.4 cm³/mol. The van der Waals surface area contributed by atoms with Crippen molar-refractivity contribution in [3.8, 4) is 0 Å². The van der Waals surface area contributed by atoms with Crippen molar-refractivity contribution in [1.29, 1.82) is 0 Å². The van der Waals surface area contributed by atoms with E-state index < -0.39 is 0 Å². The highest BCUT2D eigenvalue weighted by molar-refractivity contribution is 5.65. The molecule has 13 heavy (non-hydrogen) atoms. The summed E-state index contributed by atoms with van der Waals surface area (Å²) in [6, 6.07) is 5.87. The van der Waals surface area contributed by atoms with Gasteiger partial charge in [0, 0.05) is 0 Å². The van der Waals surface area contributed by atoms with Gasteiger partial charge in [-0.15, -0.1) is 0 Å². The SMILES string of the molecule is C=C(CN=C=O)c1ccc(F)cc1. The van der Waals surface area contributed by atoms with E-state index in [0.29, 0.717) is 5.57 Å². The number of hydrogen-bond acceptors (Lipinski definition) is 2. The number of isocyanates is 1. The van der Waals surface area contributed by atoms with Gasteiger partial charge in [0.05, 0.1) is 6.54 Å². The molecular formula is C10H8FNO. The van der Waals surface area contributed by atoms with Gasteiger partial charge in [0.2, 0.25) is 6.08 Å². The molecule has 1 aromatic carbocycles. The topological polar surface area (TPSA) is 29.4 Å². The molecule has 0 saturated heterocycles. The number of nitrogens with zero attached hydrogens (tertiary/aromatic N) is 1. The average Bonchev–Trinajstić information content (AvgIpc) is 2.15. The molecule has 2 nitrogen and oxygen atoms in total. The number of hydrogen-bond donors (Lipinski definition) is 0. The first-order chi connectivity index (χ1) is 6.24. The van der Waals surface area contributed by atoms with Crippen molar-refractivity contribution in [2.24, 2.45) is 4.99 Å². The smallest absolute Gasteiger partial charge is 0.211 e. The van der Waals surface area contributed by atoms with E-state index in [-0.39, 0.29) is 12.4 Å². The van der Waals surface area contributed by atoms with Gasteiger partial charge in [-0.25, -0.2) is 14.2 Å². The lowest BCUT2D eigenvalue weighted by molar-refractivity contribution is 0.564. The Balaban J connectivity index is 2.77. The quantitative estimate of drug-likeness (QED) is 0.514. The van der Waals surface area contributed by atoms with Crippen LogP contribution < -0.4 is 0 Å². The molecule has 0 aliphatic rings. The second-order valence-electron chi connectivity index (χ2n) is 2.52. The van der Waals surface area contributed by atoms with Crippen LogP contribution in [0.2, 0.25) is 0 Å². The summed E-state index contributed by atoms with van der Waals surface area (Å²) in [6.07, 6.45) is 1.42. The van der Waals surface area contributed by atoms with E-state index in [1.807, 2.05) is 0 Å². The van der Waals surface area contributed by atoms with Crippen molar-refractivity contribution in [3.63, 3.8) is 0 Å². The third-order valence-electron chi connectivity index (χ3n) is 1.59. The first kappa shape index (κ1) is 9.36. The Labute approximate surface area is 75.4 Å². The van der Waals surface area contributed by atoms with Crippen LogP contribution in [-0.2, 0) is 4.79 Å². The highest BCUT2D eigenvalue weighted by Gasteiger charge is 1.97. The molecule has 0 fully saturated rings. The lowest BCUT2D eigenvalue weighted by Gasteiger charge is -2.00. The van der Waals surface area contributed by atoms with Crippen LogP contribution in [0.15, 0.2) is 35.8 Å². The van der Waals surface area contributed by atoms with E-state index in [1.165, 1.54) is 18.2 Å². The van der Waals surface area contributed by atoms with Crippen LogP contribution in [0.25, 0.3) is 5.57 Å². The Hall–Kier alpha value is -1.73. The molecule has 3 heteroatoms. The van der Waals surface area contributed by atoms with Crippen LogP contribution in [0.4, 0.5) is 4.39 Å². The molecule has 66 valence electrons. The molecule has 0 radical (unpaired) electrons. The van der Waals surface area contributed by atoms with Crippen LogP contribution in [0.3, 0.4) is 0 Å². The second kappa shape index (κ2) is 4.33. The van der Waals surface area contributed by atoms with Crippen LogP contribution in [0, 0.1) is 5.82 Å². The Bertz CT molecular complexity index is 350. The fourth-order valence-corrected chi connectivity index (χ4v) is 0.905. The summed E-state index contributed by atoms with van der Waals surface area (Å²) in [4.78, 5) is 13.2. The van der Waals surface area contributed by atoms with Crippen LogP contribution in [-0.4, -0.2) is 12.6 Å². The molecule has 0 atom stereocenters. The van der Waals surface area contributed by atoms with Gasteiger partial charge in [-0.05, 0) is 23.3 Å². The summed E-state index contributed by atoms with van der Waals surface area (Å²) in [5, 5.41) is 0. The molecule has 0 unspecified atom stereocenters. The average molecular weight is 177 g/mol. The summed E-state index contributed by atoms with van der Waals surface area (Å²) in [7, 11) is 0. The van der Waals surface area contributed by atoms with Gasteiger partial charge in [0.25, 0.3) is 0 Å². The van der Waals surface area contributed by atoms with Crippen LogP contribution in [0.1, 0.15) is 5.56 Å². The van der Waals surface area contributed by atoms with Crippen molar-refractivity contribution in [1.82, 2.24) is 0 Å². The third-order valence-corrected chi connectivity index (χ3v) is 1.59. The Morgan fingerprint density at radius 1 is 1.46 bits per heavy atom. The van der Waals surface area contributed by atoms with Crippen molar-refractivity contribution in [2.75, 3.05) is 6.54 Å². The van der Waals surface area contributed by atoms with E-state index in [1.54, 1.807) is 12.1 Å². The standard InChI is InChI=1S/C10H8FNO/c1-8(6-12-7-13)9-2-4-10(11)5-3-9/h2-5H,1,6H2. The molecule has 0 amide bonds. The summed E-state index contributed by atoms with van der Waals surface area (Å²) >= 11 is 0. The highest BCUT2D eigenvalue weighted by Crippen LogP contribution is 2.12. The zero-order chi connectivity index (χ0) is 9.68. The zero-order valence-corrected chi connectivity index (χ0v) is 6.96. The monoisotopic (exact) mass is 177 g/mol. The maximum absolute atomic E-state index is 12.5. The lowest BCUT2D eigenvalue weighted by Crippen LogP contribution is -1.87. The Morgan fingerprint density at radius 2 is 2.08 bits per heavy atom. The van der Waals surface area contributed by atoms with Crippen LogP contribution in [0.5, 0.6) is 0 Å². The molecule has 0 N–H and O–H groups in total. The summed E-state index contributed by atoms with van der Waals surface area (Å²) in [6.45, 7) is 3.90. The van der Waals surface area contributed by atoms with E-state index in [0.717, 1.165) is 5.56 Å². The zero-order valence-electron chi connectivity index (χ0n) is 6.96. The van der Waals surface area contributed by atoms with Crippen molar-refractivity contribution in [3.05, 3.63) is 42.2 Å². The molecule has 0 bridgehead atoms. The summed E-state index contributed by atoms with van der Waals surface area (Å²) in [5.74, 6) is -0.296. The first-order valence-corrected chi connectivity index (χ1v) is 3.71.